The van der Waals surface area contributed by atoms with Gasteiger partial charge in [0, 0.05) is 34.8 Å². The van der Waals surface area contributed by atoms with Crippen molar-refractivity contribution >= 4 is 39.4 Å². The van der Waals surface area contributed by atoms with Gasteiger partial charge in [-0.05, 0) is 66.8 Å². The molecule has 3 rings (SSSR count). The van der Waals surface area contributed by atoms with Gasteiger partial charge in [-0.3, -0.25) is 9.30 Å². The zero-order valence-corrected chi connectivity index (χ0v) is 17.3. The molecule has 26 heavy (non-hydrogen) atoms. The molecule has 4 nitrogen and oxygen atoms in total. The molecule has 6 heteroatoms. The van der Waals surface area contributed by atoms with Crippen molar-refractivity contribution in [1.29, 1.82) is 5.26 Å². The molecule has 0 bridgehead atoms. The molecular weight excluding hydrogens is 408 g/mol. The number of benzene rings is 1. The van der Waals surface area contributed by atoms with E-state index in [0.717, 1.165) is 33.1 Å². The summed E-state index contributed by atoms with van der Waals surface area (Å²) in [5, 5.41) is 9.25. The van der Waals surface area contributed by atoms with E-state index in [4.69, 9.17) is 0 Å². The maximum absolute atomic E-state index is 9.25. The Morgan fingerprint density at radius 3 is 2.81 bits per heavy atom. The standard InChI is InChI=1S/C20H19BrN4S/c1-4-19(21)24-14(3)18-12-25(26-16-7-5-13(2)6-8-16)20-17(18)9-15(10-22)11-23-20/h4-9,11,18H,12H2,1-3H3/b19-4-,24-14+. The number of aryl methyl sites for hydroxylation is 1. The van der Waals surface area contributed by atoms with Gasteiger partial charge in [0.15, 0.2) is 0 Å². The molecule has 1 aliphatic heterocycles. The number of aromatic nitrogens is 1. The fourth-order valence-corrected chi connectivity index (χ4v) is 4.08. The predicted octanol–water partition coefficient (Wildman–Crippen LogP) is 5.59. The number of allylic oxidation sites excluding steroid dienone is 1. The first-order valence-corrected chi connectivity index (χ1v) is 9.87. The van der Waals surface area contributed by atoms with Crippen LogP contribution in [0.4, 0.5) is 5.82 Å². The average Bonchev–Trinajstić information content (AvgIpc) is 3.01. The van der Waals surface area contributed by atoms with Gasteiger partial charge >= 0.3 is 0 Å². The van der Waals surface area contributed by atoms with Gasteiger partial charge < -0.3 is 0 Å². The monoisotopic (exact) mass is 426 g/mol. The van der Waals surface area contributed by atoms with Crippen LogP contribution in [0.2, 0.25) is 0 Å². The Morgan fingerprint density at radius 1 is 1.42 bits per heavy atom. The highest BCUT2D eigenvalue weighted by Gasteiger charge is 2.33. The third-order valence-corrected chi connectivity index (χ3v) is 5.91. The summed E-state index contributed by atoms with van der Waals surface area (Å²) in [5.41, 5.74) is 3.88. The van der Waals surface area contributed by atoms with Crippen LogP contribution >= 0.6 is 27.9 Å². The molecule has 0 N–H and O–H groups in total. The summed E-state index contributed by atoms with van der Waals surface area (Å²) in [6, 6.07) is 12.6. The van der Waals surface area contributed by atoms with Gasteiger partial charge in [0.1, 0.15) is 16.5 Å². The maximum Gasteiger partial charge on any atom is 0.142 e. The van der Waals surface area contributed by atoms with E-state index in [2.05, 4.69) is 67.5 Å². The Hall–Kier alpha value is -2.10. The molecule has 1 aromatic carbocycles. The molecule has 1 aliphatic rings. The first-order chi connectivity index (χ1) is 12.5. The number of nitrogens with zero attached hydrogens (tertiary/aromatic N) is 4. The van der Waals surface area contributed by atoms with Crippen LogP contribution in [-0.4, -0.2) is 17.2 Å². The highest BCUT2D eigenvalue weighted by molar-refractivity contribution is 9.11. The summed E-state index contributed by atoms with van der Waals surface area (Å²) in [6.07, 6.45) is 3.56. The third kappa shape index (κ3) is 4.00. The van der Waals surface area contributed by atoms with E-state index in [0.29, 0.717) is 5.56 Å². The van der Waals surface area contributed by atoms with Gasteiger partial charge in [0.25, 0.3) is 0 Å². The minimum absolute atomic E-state index is 0.108. The number of nitriles is 1. The van der Waals surface area contributed by atoms with Crippen molar-refractivity contribution in [3.05, 3.63) is 63.9 Å². The van der Waals surface area contributed by atoms with Crippen LogP contribution in [0.15, 0.2) is 57.1 Å². The van der Waals surface area contributed by atoms with Gasteiger partial charge in [0.05, 0.1) is 5.56 Å². The smallest absolute Gasteiger partial charge is 0.142 e. The Bertz CT molecular complexity index is 912. The lowest BCUT2D eigenvalue weighted by molar-refractivity contribution is 0.954. The molecule has 0 fully saturated rings. The van der Waals surface area contributed by atoms with Gasteiger partial charge in [-0.15, -0.1) is 0 Å². The largest absolute Gasteiger partial charge is 0.295 e. The van der Waals surface area contributed by atoms with E-state index in [1.54, 1.807) is 18.1 Å². The van der Waals surface area contributed by atoms with Crippen LogP contribution in [0.5, 0.6) is 0 Å². The molecule has 1 unspecified atom stereocenters. The molecule has 0 saturated carbocycles. The van der Waals surface area contributed by atoms with Gasteiger partial charge in [-0.1, -0.05) is 23.8 Å². The number of pyridine rings is 1. The number of hydrogen-bond donors (Lipinski definition) is 0. The van der Waals surface area contributed by atoms with Crippen molar-refractivity contribution in [1.82, 2.24) is 4.98 Å². The molecule has 1 atom stereocenters. The lowest BCUT2D eigenvalue weighted by atomic mass is 9.97. The predicted molar refractivity (Wildman–Crippen MR) is 112 cm³/mol. The molecule has 0 radical (unpaired) electrons. The number of hydrogen-bond acceptors (Lipinski definition) is 5. The number of aliphatic imine (C=N–C) groups is 1. The number of rotatable bonds is 4. The molecular formula is C20H19BrN4S. The minimum Gasteiger partial charge on any atom is -0.295 e. The van der Waals surface area contributed by atoms with Crippen molar-refractivity contribution in [3.63, 3.8) is 0 Å². The second-order valence-electron chi connectivity index (χ2n) is 6.13. The Kier molecular flexibility index (Phi) is 5.80. The van der Waals surface area contributed by atoms with E-state index in [1.807, 2.05) is 26.0 Å². The highest BCUT2D eigenvalue weighted by atomic mass is 79.9. The van der Waals surface area contributed by atoms with E-state index >= 15 is 0 Å². The summed E-state index contributed by atoms with van der Waals surface area (Å²) in [5.74, 6) is 1.02. The molecule has 0 saturated heterocycles. The second kappa shape index (κ2) is 8.07. The van der Waals surface area contributed by atoms with Crippen LogP contribution in [0, 0.1) is 18.3 Å². The Morgan fingerprint density at radius 2 is 2.15 bits per heavy atom. The van der Waals surface area contributed by atoms with Crippen LogP contribution in [-0.2, 0) is 0 Å². The normalized spacial score (nSPS) is 17.2. The van der Waals surface area contributed by atoms with Gasteiger partial charge in [-0.2, -0.15) is 5.26 Å². The van der Waals surface area contributed by atoms with Gasteiger partial charge in [0.2, 0.25) is 0 Å². The average molecular weight is 427 g/mol. The Balaban J connectivity index is 1.96. The van der Waals surface area contributed by atoms with Crippen molar-refractivity contribution < 1.29 is 0 Å². The number of halogens is 1. The molecule has 132 valence electrons. The molecule has 2 heterocycles. The van der Waals surface area contributed by atoms with Crippen LogP contribution in [0.3, 0.4) is 0 Å². The molecule has 0 amide bonds. The van der Waals surface area contributed by atoms with Crippen molar-refractivity contribution in [2.45, 2.75) is 31.6 Å². The lowest BCUT2D eigenvalue weighted by Gasteiger charge is -2.17. The van der Waals surface area contributed by atoms with Crippen LogP contribution < -0.4 is 4.31 Å². The summed E-state index contributed by atoms with van der Waals surface area (Å²) < 4.78 is 3.00. The topological polar surface area (TPSA) is 52.3 Å². The number of anilines is 1. The fourth-order valence-electron chi connectivity index (χ4n) is 2.83. The minimum atomic E-state index is 0.108. The van der Waals surface area contributed by atoms with E-state index < -0.39 is 0 Å². The third-order valence-electron chi connectivity index (χ3n) is 4.25. The zero-order chi connectivity index (χ0) is 18.7. The summed E-state index contributed by atoms with van der Waals surface area (Å²) >= 11 is 5.12. The first-order valence-electron chi connectivity index (χ1n) is 8.31. The zero-order valence-electron chi connectivity index (χ0n) is 14.9. The quantitative estimate of drug-likeness (QED) is 0.363. The van der Waals surface area contributed by atoms with Crippen LogP contribution in [0.1, 0.15) is 36.5 Å². The van der Waals surface area contributed by atoms with Crippen molar-refractivity contribution in [2.75, 3.05) is 10.8 Å². The molecule has 0 aliphatic carbocycles. The first kappa shape index (κ1) is 18.7. The summed E-state index contributed by atoms with van der Waals surface area (Å²) in [4.78, 5) is 10.4. The molecule has 0 spiro atoms. The van der Waals surface area contributed by atoms with E-state index in [1.165, 1.54) is 5.56 Å². The van der Waals surface area contributed by atoms with Crippen molar-refractivity contribution in [2.24, 2.45) is 4.99 Å². The summed E-state index contributed by atoms with van der Waals surface area (Å²) in [7, 11) is 0. The van der Waals surface area contributed by atoms with Crippen molar-refractivity contribution in [3.8, 4) is 6.07 Å². The van der Waals surface area contributed by atoms with Gasteiger partial charge in [-0.25, -0.2) is 4.98 Å². The lowest BCUT2D eigenvalue weighted by Crippen LogP contribution is -2.17. The van der Waals surface area contributed by atoms with Crippen LogP contribution in [0.25, 0.3) is 0 Å². The van der Waals surface area contributed by atoms with E-state index in [-0.39, 0.29) is 5.92 Å². The second-order valence-corrected chi connectivity index (χ2v) is 8.04. The Labute approximate surface area is 166 Å². The maximum atomic E-state index is 9.25. The highest BCUT2D eigenvalue weighted by Crippen LogP contribution is 2.42. The molecule has 1 aromatic heterocycles. The summed E-state index contributed by atoms with van der Waals surface area (Å²) in [6.45, 7) is 6.82. The SMILES string of the molecule is C/C=C(Br)\N=C(/C)C1CN(Sc2ccc(C)cc2)c2ncc(C#N)cc21. The fraction of sp³-hybridized carbons (Fsp3) is 0.250. The van der Waals surface area contributed by atoms with E-state index in [9.17, 15) is 5.26 Å². The number of fused-ring (bicyclic) bond motifs is 1. The molecule has 2 aromatic rings.